The molecule has 4 rings (SSSR count). The largest absolute Gasteiger partial charge is 0.472 e. The summed E-state index contributed by atoms with van der Waals surface area (Å²) in [6.45, 7) is 3.54. The van der Waals surface area contributed by atoms with E-state index in [0.29, 0.717) is 37.0 Å². The number of ether oxygens (including phenoxy) is 2. The van der Waals surface area contributed by atoms with E-state index in [-0.39, 0.29) is 6.10 Å². The molecule has 1 atom stereocenters. The van der Waals surface area contributed by atoms with Gasteiger partial charge in [0.25, 0.3) is 0 Å². The van der Waals surface area contributed by atoms with Gasteiger partial charge in [-0.1, -0.05) is 0 Å². The molecule has 0 radical (unpaired) electrons. The monoisotopic (exact) mass is 382 g/mol. The molecule has 0 saturated heterocycles. The lowest BCUT2D eigenvalue weighted by molar-refractivity contribution is 0.210. The Bertz CT molecular complexity index is 1090. The molecule has 0 aromatic carbocycles. The normalized spacial score (nSPS) is 12.5. The lowest BCUT2D eigenvalue weighted by Gasteiger charge is -2.11. The van der Waals surface area contributed by atoms with E-state index in [4.69, 9.17) is 19.6 Å². The molecular weight excluding hydrogens is 360 g/mol. The Labute approximate surface area is 161 Å². The Morgan fingerprint density at radius 2 is 2.18 bits per heavy atom. The molecule has 0 saturated carbocycles. The predicted octanol–water partition coefficient (Wildman–Crippen LogP) is 2.32. The molecule has 28 heavy (non-hydrogen) atoms. The second kappa shape index (κ2) is 7.83. The van der Waals surface area contributed by atoms with Crippen LogP contribution in [0.1, 0.15) is 6.92 Å². The summed E-state index contributed by atoms with van der Waals surface area (Å²) >= 11 is 0. The minimum absolute atomic E-state index is 0.130. The van der Waals surface area contributed by atoms with E-state index in [1.165, 1.54) is 0 Å². The smallest absolute Gasteiger partial charge is 0.232 e. The van der Waals surface area contributed by atoms with Crippen molar-refractivity contribution in [1.82, 2.24) is 19.6 Å². The third kappa shape index (κ3) is 3.49. The number of imidazole rings is 1. The van der Waals surface area contributed by atoms with Crippen molar-refractivity contribution in [2.24, 2.45) is 5.73 Å². The first-order chi connectivity index (χ1) is 13.7. The van der Waals surface area contributed by atoms with Crippen molar-refractivity contribution in [2.45, 2.75) is 13.0 Å². The molecule has 0 amide bonds. The van der Waals surface area contributed by atoms with Gasteiger partial charge in [0.15, 0.2) is 11.4 Å². The number of anilines is 1. The van der Waals surface area contributed by atoms with Crippen molar-refractivity contribution < 1.29 is 13.9 Å². The summed E-state index contributed by atoms with van der Waals surface area (Å²) in [6.07, 6.45) is 3.30. The van der Waals surface area contributed by atoms with Gasteiger partial charge in [0, 0.05) is 32.5 Å². The number of nitrogens with two attached hydrogens (primary N) is 1. The highest BCUT2D eigenvalue weighted by Crippen LogP contribution is 2.31. The van der Waals surface area contributed by atoms with Crippen molar-refractivity contribution in [3.63, 3.8) is 0 Å². The third-order valence-electron chi connectivity index (χ3n) is 4.29. The zero-order valence-corrected chi connectivity index (χ0v) is 15.8. The molecular formula is C19H22N6O3. The number of fused-ring (bicyclic) bond motifs is 2. The third-order valence-corrected chi connectivity index (χ3v) is 4.29. The molecule has 146 valence electrons. The second-order valence-corrected chi connectivity index (χ2v) is 6.35. The van der Waals surface area contributed by atoms with Gasteiger partial charge in [-0.25, -0.2) is 14.5 Å². The molecule has 9 heteroatoms. The summed E-state index contributed by atoms with van der Waals surface area (Å²) in [7, 11) is 1.66. The average Bonchev–Trinajstić information content (AvgIpc) is 3.32. The van der Waals surface area contributed by atoms with Crippen LogP contribution in [0.15, 0.2) is 41.1 Å². The number of aromatic nitrogens is 4. The van der Waals surface area contributed by atoms with E-state index in [2.05, 4.69) is 20.4 Å². The lowest BCUT2D eigenvalue weighted by atomic mass is 10.2. The minimum Gasteiger partial charge on any atom is -0.472 e. The predicted molar refractivity (Wildman–Crippen MR) is 106 cm³/mol. The topological polar surface area (TPSA) is 113 Å². The fourth-order valence-electron chi connectivity index (χ4n) is 2.84. The minimum atomic E-state index is -0.130. The molecule has 1 unspecified atom stereocenters. The van der Waals surface area contributed by atoms with Crippen molar-refractivity contribution in [2.75, 3.05) is 32.1 Å². The van der Waals surface area contributed by atoms with Gasteiger partial charge in [0.1, 0.15) is 23.2 Å². The molecule has 3 N–H and O–H groups in total. The van der Waals surface area contributed by atoms with Crippen LogP contribution in [-0.2, 0) is 4.74 Å². The maximum absolute atomic E-state index is 6.04. The van der Waals surface area contributed by atoms with Gasteiger partial charge < -0.3 is 24.9 Å². The zero-order valence-electron chi connectivity index (χ0n) is 15.8. The number of furan rings is 1. The van der Waals surface area contributed by atoms with E-state index < -0.39 is 0 Å². The van der Waals surface area contributed by atoms with Crippen LogP contribution in [0.3, 0.4) is 0 Å². The van der Waals surface area contributed by atoms with Crippen molar-refractivity contribution in [1.29, 1.82) is 0 Å². The van der Waals surface area contributed by atoms with Crippen LogP contribution in [0.5, 0.6) is 5.88 Å². The Morgan fingerprint density at radius 3 is 3.00 bits per heavy atom. The molecule has 4 aromatic rings. The van der Waals surface area contributed by atoms with Gasteiger partial charge in [-0.2, -0.15) is 0 Å². The Balaban J connectivity index is 1.72. The van der Waals surface area contributed by atoms with E-state index in [9.17, 15) is 0 Å². The van der Waals surface area contributed by atoms with Crippen molar-refractivity contribution in [3.05, 3.63) is 36.7 Å². The van der Waals surface area contributed by atoms with Gasteiger partial charge in [0.2, 0.25) is 5.88 Å². The molecule has 0 aliphatic rings. The summed E-state index contributed by atoms with van der Waals surface area (Å²) < 4.78 is 18.5. The number of nitrogens with one attached hydrogen (secondary N) is 1. The zero-order chi connectivity index (χ0) is 19.5. The van der Waals surface area contributed by atoms with Crippen LogP contribution in [-0.4, -0.2) is 52.5 Å². The molecule has 4 heterocycles. The Hall–Kier alpha value is -3.17. The van der Waals surface area contributed by atoms with Gasteiger partial charge >= 0.3 is 0 Å². The van der Waals surface area contributed by atoms with E-state index >= 15 is 0 Å². The molecule has 0 fully saturated rings. The average molecular weight is 382 g/mol. The van der Waals surface area contributed by atoms with Crippen LogP contribution in [0.2, 0.25) is 0 Å². The van der Waals surface area contributed by atoms with Gasteiger partial charge in [-0.15, -0.1) is 5.10 Å². The van der Waals surface area contributed by atoms with Crippen LogP contribution in [0, 0.1) is 0 Å². The fraction of sp³-hybridized carbons (Fsp3) is 0.316. The highest BCUT2D eigenvalue weighted by molar-refractivity contribution is 5.91. The van der Waals surface area contributed by atoms with Crippen molar-refractivity contribution in [3.8, 4) is 17.3 Å². The molecule has 0 aliphatic carbocycles. The van der Waals surface area contributed by atoms with Gasteiger partial charge in [0.05, 0.1) is 18.2 Å². The first-order valence-electron chi connectivity index (χ1n) is 9.03. The van der Waals surface area contributed by atoms with Crippen LogP contribution < -0.4 is 15.8 Å². The van der Waals surface area contributed by atoms with E-state index in [1.54, 1.807) is 30.1 Å². The summed E-state index contributed by atoms with van der Waals surface area (Å²) in [6, 6.07) is 7.38. The Morgan fingerprint density at radius 1 is 1.29 bits per heavy atom. The summed E-state index contributed by atoms with van der Waals surface area (Å²) in [5.74, 6) is 1.86. The van der Waals surface area contributed by atoms with Crippen LogP contribution >= 0.6 is 0 Å². The van der Waals surface area contributed by atoms with Gasteiger partial charge in [-0.05, 0) is 25.1 Å². The molecule has 4 aromatic heterocycles. The number of methoxy groups -OCH3 is 1. The van der Waals surface area contributed by atoms with Crippen molar-refractivity contribution >= 4 is 22.4 Å². The maximum atomic E-state index is 6.04. The first-order valence-corrected chi connectivity index (χ1v) is 9.03. The molecule has 0 bridgehead atoms. The molecule has 9 nitrogen and oxygen atoms in total. The number of hydrogen-bond donors (Lipinski definition) is 2. The lowest BCUT2D eigenvalue weighted by Crippen LogP contribution is -2.23. The number of rotatable bonds is 8. The molecule has 0 spiro atoms. The highest BCUT2D eigenvalue weighted by atomic mass is 16.5. The highest BCUT2D eigenvalue weighted by Gasteiger charge is 2.16. The van der Waals surface area contributed by atoms with Crippen LogP contribution in [0.4, 0.5) is 5.82 Å². The summed E-state index contributed by atoms with van der Waals surface area (Å²) in [5.41, 5.74) is 7.77. The van der Waals surface area contributed by atoms with E-state index in [0.717, 1.165) is 22.5 Å². The summed E-state index contributed by atoms with van der Waals surface area (Å²) in [5, 5.41) is 8.66. The second-order valence-electron chi connectivity index (χ2n) is 6.35. The summed E-state index contributed by atoms with van der Waals surface area (Å²) in [4.78, 5) is 8.80. The number of nitrogens with zero attached hydrogens (tertiary/aromatic N) is 4. The fourth-order valence-corrected chi connectivity index (χ4v) is 2.84. The SMILES string of the molecule is COCCNc1nccc2oc(-c3cnc4ccc(OC(C)CN)nn34)cc12. The van der Waals surface area contributed by atoms with Gasteiger partial charge in [-0.3, -0.25) is 0 Å². The quantitative estimate of drug-likeness (QED) is 0.447. The first kappa shape index (κ1) is 18.2. The standard InChI is InChI=1S/C19H22N6O3/c1-12(10-20)27-18-4-3-17-23-11-14(25(17)24-18)16-9-13-15(28-16)5-6-21-19(13)22-7-8-26-2/h3-6,9,11-12H,7-8,10,20H2,1-2H3,(H,21,22). The number of hydrogen-bond acceptors (Lipinski definition) is 8. The Kier molecular flexibility index (Phi) is 5.09. The number of pyridine rings is 1. The molecule has 0 aliphatic heterocycles. The van der Waals surface area contributed by atoms with Crippen LogP contribution in [0.25, 0.3) is 28.1 Å². The maximum Gasteiger partial charge on any atom is 0.232 e. The van der Waals surface area contributed by atoms with E-state index in [1.807, 2.05) is 25.1 Å².